The van der Waals surface area contributed by atoms with Crippen LogP contribution in [-0.2, 0) is 4.84 Å². The molecule has 0 amide bonds. The number of oxime groups is 1. The summed E-state index contributed by atoms with van der Waals surface area (Å²) >= 11 is 0. The first kappa shape index (κ1) is 11.9. The quantitative estimate of drug-likeness (QED) is 0.690. The van der Waals surface area contributed by atoms with Gasteiger partial charge in [0, 0.05) is 11.8 Å². The molecule has 0 aromatic heterocycles. The summed E-state index contributed by atoms with van der Waals surface area (Å²) in [5.41, 5.74) is 1.39. The van der Waals surface area contributed by atoms with Gasteiger partial charge in [-0.1, -0.05) is 38.8 Å². The number of unbranched alkanes of at least 4 members (excludes halogenated alkanes) is 1. The van der Waals surface area contributed by atoms with Crippen molar-refractivity contribution in [2.75, 3.05) is 0 Å². The Morgan fingerprint density at radius 1 is 1.38 bits per heavy atom. The fourth-order valence-electron chi connectivity index (χ4n) is 3.26. The molecule has 0 saturated heterocycles. The molecule has 0 aromatic carbocycles. The van der Waals surface area contributed by atoms with E-state index >= 15 is 0 Å². The predicted molar refractivity (Wildman–Crippen MR) is 67.5 cm³/mol. The van der Waals surface area contributed by atoms with Gasteiger partial charge in [0.1, 0.15) is 6.10 Å². The normalized spacial score (nSPS) is 34.4. The fourth-order valence-corrected chi connectivity index (χ4v) is 3.26. The van der Waals surface area contributed by atoms with Crippen molar-refractivity contribution in [3.8, 4) is 0 Å². The van der Waals surface area contributed by atoms with Crippen LogP contribution in [0.1, 0.15) is 59.3 Å². The average Bonchev–Trinajstić information content (AvgIpc) is 2.79. The van der Waals surface area contributed by atoms with Gasteiger partial charge in [0.25, 0.3) is 0 Å². The lowest BCUT2D eigenvalue weighted by atomic mass is 9.85. The molecular weight excluding hydrogens is 198 g/mol. The summed E-state index contributed by atoms with van der Waals surface area (Å²) in [6.45, 7) is 6.89. The first-order valence-corrected chi connectivity index (χ1v) is 6.99. The Labute approximate surface area is 99.4 Å². The largest absolute Gasteiger partial charge is 0.392 e. The zero-order chi connectivity index (χ0) is 11.5. The Morgan fingerprint density at radius 2 is 2.19 bits per heavy atom. The average molecular weight is 223 g/mol. The minimum atomic E-state index is 0.417. The van der Waals surface area contributed by atoms with E-state index in [1.54, 1.807) is 0 Å². The third kappa shape index (κ3) is 2.26. The van der Waals surface area contributed by atoms with Crippen LogP contribution in [0.3, 0.4) is 0 Å². The summed E-state index contributed by atoms with van der Waals surface area (Å²) in [5, 5.41) is 4.40. The van der Waals surface area contributed by atoms with Gasteiger partial charge in [-0.25, -0.2) is 0 Å². The molecule has 1 heterocycles. The molecule has 16 heavy (non-hydrogen) atoms. The van der Waals surface area contributed by atoms with E-state index in [9.17, 15) is 0 Å². The second-order valence-electron chi connectivity index (χ2n) is 5.59. The van der Waals surface area contributed by atoms with Gasteiger partial charge >= 0.3 is 0 Å². The molecule has 1 aliphatic heterocycles. The molecule has 1 saturated carbocycles. The van der Waals surface area contributed by atoms with Crippen molar-refractivity contribution >= 4 is 5.71 Å². The second kappa shape index (κ2) is 5.20. The Balaban J connectivity index is 1.97. The standard InChI is InChI=1S/C14H25NO/c1-4-6-7-11(5-2)14-12-8-10(3)9-13(12)16-15-14/h10-13H,4-9H2,1-3H3. The molecule has 2 aliphatic rings. The number of hydrogen-bond acceptors (Lipinski definition) is 2. The van der Waals surface area contributed by atoms with E-state index in [-0.39, 0.29) is 0 Å². The first-order valence-electron chi connectivity index (χ1n) is 6.99. The fraction of sp³-hybridized carbons (Fsp3) is 0.929. The van der Waals surface area contributed by atoms with Gasteiger partial charge in [-0.05, 0) is 31.6 Å². The Morgan fingerprint density at radius 3 is 2.88 bits per heavy atom. The molecule has 1 fully saturated rings. The number of hydrogen-bond donors (Lipinski definition) is 0. The number of rotatable bonds is 5. The van der Waals surface area contributed by atoms with Gasteiger partial charge in [0.2, 0.25) is 0 Å². The van der Waals surface area contributed by atoms with Gasteiger partial charge in [-0.2, -0.15) is 0 Å². The SMILES string of the molecule is CCCCC(CC)C1=NOC2CC(C)CC12. The lowest BCUT2D eigenvalue weighted by Crippen LogP contribution is -2.24. The van der Waals surface area contributed by atoms with Crippen molar-refractivity contribution in [2.24, 2.45) is 22.9 Å². The maximum absolute atomic E-state index is 5.61. The summed E-state index contributed by atoms with van der Waals surface area (Å²) in [6.07, 6.45) is 8.06. The van der Waals surface area contributed by atoms with Crippen LogP contribution >= 0.6 is 0 Å². The van der Waals surface area contributed by atoms with Gasteiger partial charge in [0.15, 0.2) is 0 Å². The monoisotopic (exact) mass is 223 g/mol. The van der Waals surface area contributed by atoms with Crippen LogP contribution < -0.4 is 0 Å². The minimum Gasteiger partial charge on any atom is -0.392 e. The van der Waals surface area contributed by atoms with Crippen LogP contribution in [-0.4, -0.2) is 11.8 Å². The first-order chi connectivity index (χ1) is 7.76. The highest BCUT2D eigenvalue weighted by Crippen LogP contribution is 2.40. The maximum Gasteiger partial charge on any atom is 0.135 e. The van der Waals surface area contributed by atoms with Gasteiger partial charge < -0.3 is 4.84 Å². The number of nitrogens with zero attached hydrogens (tertiary/aromatic N) is 1. The molecule has 2 nitrogen and oxygen atoms in total. The van der Waals surface area contributed by atoms with E-state index in [0.717, 1.165) is 5.92 Å². The van der Waals surface area contributed by atoms with E-state index in [4.69, 9.17) is 4.84 Å². The van der Waals surface area contributed by atoms with Crippen LogP contribution in [0.15, 0.2) is 5.16 Å². The summed E-state index contributed by atoms with van der Waals surface area (Å²) in [6, 6.07) is 0. The van der Waals surface area contributed by atoms with Crippen LogP contribution in [0.25, 0.3) is 0 Å². The zero-order valence-electron chi connectivity index (χ0n) is 10.9. The molecule has 1 aliphatic carbocycles. The Hall–Kier alpha value is -0.530. The third-order valence-corrected chi connectivity index (χ3v) is 4.23. The Bertz CT molecular complexity index is 261. The molecule has 0 N–H and O–H groups in total. The second-order valence-corrected chi connectivity index (χ2v) is 5.59. The topological polar surface area (TPSA) is 21.6 Å². The molecule has 4 atom stereocenters. The van der Waals surface area contributed by atoms with Crippen LogP contribution in [0.2, 0.25) is 0 Å². The highest BCUT2D eigenvalue weighted by atomic mass is 16.6. The molecule has 0 aromatic rings. The van der Waals surface area contributed by atoms with Gasteiger partial charge in [-0.3, -0.25) is 0 Å². The molecule has 4 unspecified atom stereocenters. The van der Waals surface area contributed by atoms with Crippen molar-refractivity contribution in [2.45, 2.75) is 65.4 Å². The van der Waals surface area contributed by atoms with E-state index < -0.39 is 0 Å². The van der Waals surface area contributed by atoms with Crippen LogP contribution in [0, 0.1) is 17.8 Å². The lowest BCUT2D eigenvalue weighted by molar-refractivity contribution is 0.0721. The van der Waals surface area contributed by atoms with Crippen LogP contribution in [0.5, 0.6) is 0 Å². The van der Waals surface area contributed by atoms with Crippen molar-refractivity contribution in [1.82, 2.24) is 0 Å². The van der Waals surface area contributed by atoms with E-state index in [1.807, 2.05) is 0 Å². The molecule has 0 bridgehead atoms. The van der Waals surface area contributed by atoms with Crippen molar-refractivity contribution < 1.29 is 4.84 Å². The summed E-state index contributed by atoms with van der Waals surface area (Å²) in [5.74, 6) is 2.15. The van der Waals surface area contributed by atoms with Crippen molar-refractivity contribution in [3.05, 3.63) is 0 Å². The predicted octanol–water partition coefficient (Wildman–Crippen LogP) is 4.00. The van der Waals surface area contributed by atoms with Crippen molar-refractivity contribution in [3.63, 3.8) is 0 Å². The molecular formula is C14H25NO. The van der Waals surface area contributed by atoms with Gasteiger partial charge in [0.05, 0.1) is 5.71 Å². The summed E-state index contributed by atoms with van der Waals surface area (Å²) in [4.78, 5) is 5.61. The zero-order valence-corrected chi connectivity index (χ0v) is 10.9. The van der Waals surface area contributed by atoms with Crippen LogP contribution in [0.4, 0.5) is 0 Å². The van der Waals surface area contributed by atoms with E-state index in [2.05, 4.69) is 25.9 Å². The number of fused-ring (bicyclic) bond motifs is 1. The summed E-state index contributed by atoms with van der Waals surface area (Å²) < 4.78 is 0. The molecule has 2 heteroatoms. The van der Waals surface area contributed by atoms with Crippen molar-refractivity contribution in [1.29, 1.82) is 0 Å². The maximum atomic E-state index is 5.61. The van der Waals surface area contributed by atoms with Gasteiger partial charge in [-0.15, -0.1) is 0 Å². The van der Waals surface area contributed by atoms with E-state index in [1.165, 1.54) is 44.2 Å². The van der Waals surface area contributed by atoms with E-state index in [0.29, 0.717) is 17.9 Å². The minimum absolute atomic E-state index is 0.417. The molecule has 0 spiro atoms. The Kier molecular flexibility index (Phi) is 3.88. The highest BCUT2D eigenvalue weighted by Gasteiger charge is 2.43. The smallest absolute Gasteiger partial charge is 0.135 e. The lowest BCUT2D eigenvalue weighted by Gasteiger charge is -2.18. The summed E-state index contributed by atoms with van der Waals surface area (Å²) in [7, 11) is 0. The third-order valence-electron chi connectivity index (χ3n) is 4.23. The molecule has 2 rings (SSSR count). The highest BCUT2D eigenvalue weighted by molar-refractivity contribution is 5.90. The molecule has 92 valence electrons. The molecule has 0 radical (unpaired) electrons.